The molecule has 0 bridgehead atoms. The highest BCUT2D eigenvalue weighted by molar-refractivity contribution is 7.97. The Bertz CT molecular complexity index is 815. The van der Waals surface area contributed by atoms with E-state index in [2.05, 4.69) is 15.2 Å². The molecule has 0 aliphatic heterocycles. The molecule has 23 heavy (non-hydrogen) atoms. The molecule has 0 spiro atoms. The van der Waals surface area contributed by atoms with Crippen molar-refractivity contribution in [3.8, 4) is 22.8 Å². The van der Waals surface area contributed by atoms with Crippen LogP contribution in [0, 0.1) is 0 Å². The van der Waals surface area contributed by atoms with Crippen LogP contribution in [0.1, 0.15) is 17.7 Å². The van der Waals surface area contributed by atoms with Crippen LogP contribution in [0.3, 0.4) is 0 Å². The third-order valence-corrected chi connectivity index (χ3v) is 3.97. The number of thioether (sulfide) groups is 1. The molecule has 120 valence electrons. The van der Waals surface area contributed by atoms with Gasteiger partial charge < -0.3 is 4.52 Å². The summed E-state index contributed by atoms with van der Waals surface area (Å²) in [4.78, 5) is 4.24. The minimum Gasteiger partial charge on any atom is -0.333 e. The molecule has 3 aromatic rings. The van der Waals surface area contributed by atoms with E-state index in [1.165, 1.54) is 13.2 Å². The Balaban J connectivity index is 1.97. The third kappa shape index (κ3) is 3.12. The second kappa shape index (κ2) is 6.49. The van der Waals surface area contributed by atoms with Gasteiger partial charge in [-0.25, -0.2) is 8.78 Å². The number of alkyl halides is 2. The largest absolute Gasteiger partial charge is 0.333 e. The van der Waals surface area contributed by atoms with Gasteiger partial charge in [-0.15, -0.1) is 0 Å². The number of aryl methyl sites for hydroxylation is 1. The molecule has 3 rings (SSSR count). The van der Waals surface area contributed by atoms with Crippen molar-refractivity contribution in [2.45, 2.75) is 12.2 Å². The Morgan fingerprint density at radius 1 is 1.35 bits per heavy atom. The maximum atomic E-state index is 13.1. The number of aromatic nitrogens is 4. The standard InChI is InChI=1S/C15H14F2N4OS/c1-21-12(13(16)17)11(7-18-21)15-19-14(20-22-15)10-5-3-4-9(6-10)8-23-2/h3-7,13H,8H2,1-2H3. The fourth-order valence-corrected chi connectivity index (χ4v) is 2.80. The number of nitrogens with zero attached hydrogens (tertiary/aromatic N) is 4. The summed E-state index contributed by atoms with van der Waals surface area (Å²) in [6, 6.07) is 7.74. The van der Waals surface area contributed by atoms with Crippen molar-refractivity contribution < 1.29 is 13.3 Å². The summed E-state index contributed by atoms with van der Waals surface area (Å²) in [7, 11) is 1.45. The fraction of sp³-hybridized carbons (Fsp3) is 0.267. The van der Waals surface area contributed by atoms with Gasteiger partial charge in [0.05, 0.1) is 11.8 Å². The van der Waals surface area contributed by atoms with Gasteiger partial charge in [0.1, 0.15) is 5.69 Å². The third-order valence-electron chi connectivity index (χ3n) is 3.34. The van der Waals surface area contributed by atoms with Crippen molar-refractivity contribution in [2.24, 2.45) is 7.05 Å². The molecule has 0 fully saturated rings. The first-order chi connectivity index (χ1) is 11.1. The van der Waals surface area contributed by atoms with Crippen LogP contribution in [-0.2, 0) is 12.8 Å². The van der Waals surface area contributed by atoms with E-state index in [0.29, 0.717) is 5.82 Å². The first-order valence-electron chi connectivity index (χ1n) is 6.82. The van der Waals surface area contributed by atoms with Crippen molar-refractivity contribution in [1.82, 2.24) is 19.9 Å². The second-order valence-electron chi connectivity index (χ2n) is 4.92. The highest BCUT2D eigenvalue weighted by Crippen LogP contribution is 2.31. The van der Waals surface area contributed by atoms with Crippen LogP contribution >= 0.6 is 11.8 Å². The predicted molar refractivity (Wildman–Crippen MR) is 84.1 cm³/mol. The first kappa shape index (κ1) is 15.7. The van der Waals surface area contributed by atoms with E-state index in [9.17, 15) is 8.78 Å². The Morgan fingerprint density at radius 3 is 2.91 bits per heavy atom. The molecule has 0 N–H and O–H groups in total. The fourth-order valence-electron chi connectivity index (χ4n) is 2.29. The maximum absolute atomic E-state index is 13.1. The molecule has 0 radical (unpaired) electrons. The van der Waals surface area contributed by atoms with E-state index in [1.54, 1.807) is 11.8 Å². The SMILES string of the molecule is CSCc1cccc(-c2noc(-c3cnn(C)c3C(F)F)n2)c1. The predicted octanol–water partition coefficient (Wildman–Crippen LogP) is 3.94. The van der Waals surface area contributed by atoms with Gasteiger partial charge in [0, 0.05) is 18.4 Å². The van der Waals surface area contributed by atoms with Gasteiger partial charge in [-0.3, -0.25) is 4.68 Å². The van der Waals surface area contributed by atoms with E-state index in [0.717, 1.165) is 21.6 Å². The van der Waals surface area contributed by atoms with Gasteiger partial charge in [-0.05, 0) is 17.9 Å². The van der Waals surface area contributed by atoms with E-state index in [4.69, 9.17) is 4.52 Å². The van der Waals surface area contributed by atoms with E-state index in [1.807, 2.05) is 30.5 Å². The first-order valence-corrected chi connectivity index (χ1v) is 8.22. The Labute approximate surface area is 135 Å². The van der Waals surface area contributed by atoms with Crippen LogP contribution in [0.2, 0.25) is 0 Å². The molecule has 0 aliphatic rings. The van der Waals surface area contributed by atoms with Crippen LogP contribution in [0.5, 0.6) is 0 Å². The molecular formula is C15H14F2N4OS. The van der Waals surface area contributed by atoms with Crippen LogP contribution in [-0.4, -0.2) is 26.2 Å². The van der Waals surface area contributed by atoms with Crippen molar-refractivity contribution >= 4 is 11.8 Å². The van der Waals surface area contributed by atoms with E-state index >= 15 is 0 Å². The highest BCUT2D eigenvalue weighted by atomic mass is 32.2. The average molecular weight is 336 g/mol. The minimum atomic E-state index is -2.67. The monoisotopic (exact) mass is 336 g/mol. The number of benzene rings is 1. The zero-order valence-corrected chi connectivity index (χ0v) is 13.3. The summed E-state index contributed by atoms with van der Waals surface area (Å²) in [5.41, 5.74) is 1.84. The maximum Gasteiger partial charge on any atom is 0.280 e. The Hall–Kier alpha value is -2.22. The molecule has 0 saturated carbocycles. The van der Waals surface area contributed by atoms with Crippen LogP contribution in [0.25, 0.3) is 22.8 Å². The number of halogens is 2. The van der Waals surface area contributed by atoms with E-state index in [-0.39, 0.29) is 17.1 Å². The molecule has 0 saturated heterocycles. The molecular weight excluding hydrogens is 322 g/mol. The highest BCUT2D eigenvalue weighted by Gasteiger charge is 2.23. The lowest BCUT2D eigenvalue weighted by Gasteiger charge is -2.01. The average Bonchev–Trinajstić information content (AvgIpc) is 3.14. The summed E-state index contributed by atoms with van der Waals surface area (Å²) in [5.74, 6) is 1.28. The quantitative estimate of drug-likeness (QED) is 0.706. The molecule has 0 amide bonds. The zero-order chi connectivity index (χ0) is 16.4. The molecule has 2 heterocycles. The van der Waals surface area contributed by atoms with Crippen molar-refractivity contribution in [2.75, 3.05) is 6.26 Å². The van der Waals surface area contributed by atoms with Gasteiger partial charge in [0.2, 0.25) is 5.82 Å². The topological polar surface area (TPSA) is 56.7 Å². The van der Waals surface area contributed by atoms with Crippen LogP contribution in [0.4, 0.5) is 8.78 Å². The molecule has 5 nitrogen and oxygen atoms in total. The Morgan fingerprint density at radius 2 is 2.17 bits per heavy atom. The number of hydrogen-bond donors (Lipinski definition) is 0. The number of rotatable bonds is 5. The van der Waals surface area contributed by atoms with E-state index < -0.39 is 6.43 Å². The summed E-state index contributed by atoms with van der Waals surface area (Å²) in [6.07, 6.45) is 0.661. The lowest BCUT2D eigenvalue weighted by molar-refractivity contribution is 0.141. The molecule has 0 aliphatic carbocycles. The number of hydrogen-bond acceptors (Lipinski definition) is 5. The van der Waals surface area contributed by atoms with Gasteiger partial charge in [-0.2, -0.15) is 21.8 Å². The summed E-state index contributed by atoms with van der Waals surface area (Å²) in [5, 5.41) is 7.74. The lowest BCUT2D eigenvalue weighted by atomic mass is 10.1. The van der Waals surface area contributed by atoms with Crippen molar-refractivity contribution in [3.63, 3.8) is 0 Å². The molecule has 0 unspecified atom stereocenters. The second-order valence-corrected chi connectivity index (χ2v) is 5.79. The van der Waals surface area contributed by atoms with Crippen molar-refractivity contribution in [3.05, 3.63) is 41.7 Å². The van der Waals surface area contributed by atoms with Crippen molar-refractivity contribution in [1.29, 1.82) is 0 Å². The zero-order valence-electron chi connectivity index (χ0n) is 12.5. The van der Waals surface area contributed by atoms with Crippen LogP contribution < -0.4 is 0 Å². The lowest BCUT2D eigenvalue weighted by Crippen LogP contribution is -1.99. The molecule has 2 aromatic heterocycles. The van der Waals surface area contributed by atoms with Gasteiger partial charge in [0.25, 0.3) is 12.3 Å². The molecule has 8 heteroatoms. The smallest absolute Gasteiger partial charge is 0.280 e. The van der Waals surface area contributed by atoms with Gasteiger partial charge in [0.15, 0.2) is 0 Å². The molecule has 0 atom stereocenters. The summed E-state index contributed by atoms with van der Waals surface area (Å²) >= 11 is 1.71. The van der Waals surface area contributed by atoms with Gasteiger partial charge in [-0.1, -0.05) is 23.4 Å². The van der Waals surface area contributed by atoms with Crippen LogP contribution in [0.15, 0.2) is 35.0 Å². The molecule has 1 aromatic carbocycles. The minimum absolute atomic E-state index is 0.0404. The summed E-state index contributed by atoms with van der Waals surface area (Å²) in [6.45, 7) is 0. The Kier molecular flexibility index (Phi) is 4.42. The normalized spacial score (nSPS) is 11.3. The van der Waals surface area contributed by atoms with Gasteiger partial charge >= 0.3 is 0 Å². The summed E-state index contributed by atoms with van der Waals surface area (Å²) < 4.78 is 32.5.